The van der Waals surface area contributed by atoms with E-state index >= 15 is 0 Å². The zero-order valence-corrected chi connectivity index (χ0v) is 11.0. The van der Waals surface area contributed by atoms with Gasteiger partial charge in [0.05, 0.1) is 0 Å². The molecule has 0 aliphatic carbocycles. The van der Waals surface area contributed by atoms with Crippen LogP contribution in [0, 0.1) is 0 Å². The van der Waals surface area contributed by atoms with E-state index in [0.717, 1.165) is 0 Å². The summed E-state index contributed by atoms with van der Waals surface area (Å²) in [5.41, 5.74) is 6.08. The maximum absolute atomic E-state index is 12.1. The van der Waals surface area contributed by atoms with Gasteiger partial charge in [-0.05, 0) is 11.6 Å². The molecular formula is C14H14N4O3. The highest BCUT2D eigenvalue weighted by atomic mass is 16.4. The first-order chi connectivity index (χ1) is 10.1. The summed E-state index contributed by atoms with van der Waals surface area (Å²) >= 11 is 0. The number of nitrogens with two attached hydrogens (primary N) is 1. The van der Waals surface area contributed by atoms with Crippen molar-refractivity contribution in [1.82, 2.24) is 10.3 Å². The minimum absolute atomic E-state index is 0.153. The van der Waals surface area contributed by atoms with Crippen molar-refractivity contribution in [1.29, 1.82) is 0 Å². The summed E-state index contributed by atoms with van der Waals surface area (Å²) in [7, 11) is 0. The molecule has 1 aromatic heterocycles. The third-order valence-corrected chi connectivity index (χ3v) is 2.86. The summed E-state index contributed by atoms with van der Waals surface area (Å²) in [6.45, 7) is 0. The lowest BCUT2D eigenvalue weighted by molar-refractivity contribution is 0.0946. The molecule has 108 valence electrons. The highest BCUT2D eigenvalue weighted by Crippen LogP contribution is 2.13. The number of hydrogen-bond donors (Lipinski definition) is 4. The molecule has 1 amide bonds. The molecule has 21 heavy (non-hydrogen) atoms. The molecule has 0 fully saturated rings. The molecule has 0 aliphatic rings. The van der Waals surface area contributed by atoms with E-state index in [2.05, 4.69) is 15.5 Å². The van der Waals surface area contributed by atoms with Gasteiger partial charge in [0.25, 0.3) is 5.91 Å². The van der Waals surface area contributed by atoms with Crippen LogP contribution < -0.4 is 16.6 Å². The second-order valence-corrected chi connectivity index (χ2v) is 4.28. The molecule has 2 rings (SSSR count). The van der Waals surface area contributed by atoms with E-state index in [0.29, 0.717) is 5.56 Å². The van der Waals surface area contributed by atoms with Gasteiger partial charge in [0.1, 0.15) is 6.04 Å². The van der Waals surface area contributed by atoms with Gasteiger partial charge >= 0.3 is 0 Å². The molecule has 5 N–H and O–H groups in total. The highest BCUT2D eigenvalue weighted by Gasteiger charge is 2.19. The van der Waals surface area contributed by atoms with Gasteiger partial charge in [-0.1, -0.05) is 35.5 Å². The molecule has 0 radical (unpaired) electrons. The van der Waals surface area contributed by atoms with Crippen LogP contribution in [0.15, 0.2) is 58.6 Å². The average molecular weight is 286 g/mol. The molecule has 0 saturated heterocycles. The van der Waals surface area contributed by atoms with Crippen molar-refractivity contribution in [3.63, 3.8) is 0 Å². The monoisotopic (exact) mass is 286 g/mol. The largest absolute Gasteiger partial charge is 0.409 e. The Morgan fingerprint density at radius 1 is 1.29 bits per heavy atom. The van der Waals surface area contributed by atoms with Crippen LogP contribution in [0.4, 0.5) is 0 Å². The van der Waals surface area contributed by atoms with Crippen LogP contribution in [-0.2, 0) is 0 Å². The fourth-order valence-electron chi connectivity index (χ4n) is 1.83. The molecule has 0 aliphatic heterocycles. The lowest BCUT2D eigenvalue weighted by Gasteiger charge is -2.17. The minimum atomic E-state index is -0.789. The molecular weight excluding hydrogens is 272 g/mol. The third-order valence-electron chi connectivity index (χ3n) is 2.86. The molecule has 1 aromatic carbocycles. The third kappa shape index (κ3) is 3.47. The number of carbonyl (C=O) groups excluding carboxylic acids is 1. The smallest absolute Gasteiger partial charge is 0.252 e. The molecule has 1 atom stereocenters. The molecule has 0 saturated carbocycles. The summed E-state index contributed by atoms with van der Waals surface area (Å²) < 4.78 is 0. The van der Waals surface area contributed by atoms with Gasteiger partial charge in [-0.25, -0.2) is 0 Å². The SMILES string of the molecule is N/C(=N/O)C(NC(=O)c1cc[nH]c(=O)c1)c1ccccc1. The van der Waals surface area contributed by atoms with E-state index < -0.39 is 11.9 Å². The molecule has 0 bridgehead atoms. The Hall–Kier alpha value is -3.09. The Morgan fingerprint density at radius 3 is 2.62 bits per heavy atom. The standard InChI is InChI=1S/C14H14N4O3/c15-13(18-21)12(9-4-2-1-3-5-9)17-14(20)10-6-7-16-11(19)8-10/h1-8,12,21H,(H2,15,18)(H,16,19)(H,17,20). The number of amidine groups is 1. The van der Waals surface area contributed by atoms with Gasteiger partial charge in [0, 0.05) is 17.8 Å². The van der Waals surface area contributed by atoms with Crippen LogP contribution >= 0.6 is 0 Å². The number of pyridine rings is 1. The fourth-order valence-corrected chi connectivity index (χ4v) is 1.83. The number of rotatable bonds is 4. The minimum Gasteiger partial charge on any atom is -0.409 e. The molecule has 0 spiro atoms. The van der Waals surface area contributed by atoms with E-state index in [1.54, 1.807) is 24.3 Å². The van der Waals surface area contributed by atoms with Gasteiger partial charge in [-0.15, -0.1) is 0 Å². The van der Waals surface area contributed by atoms with Crippen molar-refractivity contribution in [3.8, 4) is 0 Å². The van der Waals surface area contributed by atoms with E-state index in [9.17, 15) is 9.59 Å². The maximum atomic E-state index is 12.1. The van der Waals surface area contributed by atoms with Crippen LogP contribution in [0.25, 0.3) is 0 Å². The number of aromatic nitrogens is 1. The average Bonchev–Trinajstić information content (AvgIpc) is 2.52. The van der Waals surface area contributed by atoms with E-state index in [4.69, 9.17) is 10.9 Å². The summed E-state index contributed by atoms with van der Waals surface area (Å²) in [4.78, 5) is 25.8. The number of H-pyrrole nitrogens is 1. The van der Waals surface area contributed by atoms with Gasteiger partial charge in [-0.3, -0.25) is 9.59 Å². The predicted molar refractivity (Wildman–Crippen MR) is 77.1 cm³/mol. The number of oxime groups is 1. The van der Waals surface area contributed by atoms with Crippen LogP contribution in [0.1, 0.15) is 22.0 Å². The first kappa shape index (κ1) is 14.3. The van der Waals surface area contributed by atoms with Crippen molar-refractivity contribution in [3.05, 3.63) is 70.1 Å². The second kappa shape index (κ2) is 6.38. The van der Waals surface area contributed by atoms with Crippen LogP contribution in [-0.4, -0.2) is 21.9 Å². The van der Waals surface area contributed by atoms with Crippen LogP contribution in [0.3, 0.4) is 0 Å². The number of benzene rings is 1. The molecule has 7 heteroatoms. The highest BCUT2D eigenvalue weighted by molar-refractivity contribution is 5.98. The fraction of sp³-hybridized carbons (Fsp3) is 0.0714. The Kier molecular flexibility index (Phi) is 4.35. The number of nitrogens with zero attached hydrogens (tertiary/aromatic N) is 1. The zero-order chi connectivity index (χ0) is 15.2. The number of nitrogens with one attached hydrogen (secondary N) is 2. The second-order valence-electron chi connectivity index (χ2n) is 4.28. The van der Waals surface area contributed by atoms with Crippen molar-refractivity contribution >= 4 is 11.7 Å². The Labute approximate surface area is 120 Å². The molecule has 1 heterocycles. The quantitative estimate of drug-likeness (QED) is 0.284. The molecule has 2 aromatic rings. The Morgan fingerprint density at radius 2 is 2.00 bits per heavy atom. The Balaban J connectivity index is 2.28. The summed E-state index contributed by atoms with van der Waals surface area (Å²) in [6, 6.07) is 10.7. The topological polar surface area (TPSA) is 121 Å². The molecule has 1 unspecified atom stereocenters. The van der Waals surface area contributed by atoms with Crippen molar-refractivity contribution in [2.45, 2.75) is 6.04 Å². The summed E-state index contributed by atoms with van der Waals surface area (Å²) in [5, 5.41) is 14.4. The summed E-state index contributed by atoms with van der Waals surface area (Å²) in [6.07, 6.45) is 1.37. The van der Waals surface area contributed by atoms with E-state index in [1.165, 1.54) is 18.3 Å². The van der Waals surface area contributed by atoms with Crippen molar-refractivity contribution in [2.24, 2.45) is 10.9 Å². The van der Waals surface area contributed by atoms with Gasteiger partial charge in [0.15, 0.2) is 5.84 Å². The lowest BCUT2D eigenvalue weighted by atomic mass is 10.1. The number of amides is 1. The zero-order valence-electron chi connectivity index (χ0n) is 11.0. The van der Waals surface area contributed by atoms with E-state index in [-0.39, 0.29) is 17.0 Å². The van der Waals surface area contributed by atoms with Crippen molar-refractivity contribution < 1.29 is 10.0 Å². The van der Waals surface area contributed by atoms with E-state index in [1.807, 2.05) is 6.07 Å². The Bertz CT molecular complexity index is 709. The van der Waals surface area contributed by atoms with Crippen molar-refractivity contribution in [2.75, 3.05) is 0 Å². The first-order valence-electron chi connectivity index (χ1n) is 6.14. The summed E-state index contributed by atoms with van der Waals surface area (Å²) in [5.74, 6) is -0.652. The van der Waals surface area contributed by atoms with Gasteiger partial charge < -0.3 is 21.2 Å². The number of carbonyl (C=O) groups is 1. The predicted octanol–water partition coefficient (Wildman–Crippen LogP) is 0.592. The maximum Gasteiger partial charge on any atom is 0.252 e. The first-order valence-corrected chi connectivity index (χ1v) is 6.14. The van der Waals surface area contributed by atoms with Gasteiger partial charge in [0.2, 0.25) is 5.56 Å². The lowest BCUT2D eigenvalue weighted by Crippen LogP contribution is -2.38. The van der Waals surface area contributed by atoms with Crippen LogP contribution in [0.5, 0.6) is 0 Å². The van der Waals surface area contributed by atoms with Crippen LogP contribution in [0.2, 0.25) is 0 Å². The molecule has 7 nitrogen and oxygen atoms in total. The number of hydrogen-bond acceptors (Lipinski definition) is 4. The number of aromatic amines is 1. The van der Waals surface area contributed by atoms with Gasteiger partial charge in [-0.2, -0.15) is 0 Å². The normalized spacial score (nSPS) is 12.7.